The van der Waals surface area contributed by atoms with Gasteiger partial charge in [-0.15, -0.1) is 0 Å². The Kier molecular flexibility index (Phi) is 7.88. The van der Waals surface area contributed by atoms with Crippen LogP contribution in [-0.4, -0.2) is 5.11 Å². The lowest BCUT2D eigenvalue weighted by Gasteiger charge is -2.12. The van der Waals surface area contributed by atoms with Crippen LogP contribution in [0.3, 0.4) is 0 Å². The number of aromatic hydroxyl groups is 1. The summed E-state index contributed by atoms with van der Waals surface area (Å²) >= 11 is 0. The van der Waals surface area contributed by atoms with E-state index in [4.69, 9.17) is 0 Å². The summed E-state index contributed by atoms with van der Waals surface area (Å²) in [4.78, 5) is 0. The molecule has 0 radical (unpaired) electrons. The minimum Gasteiger partial charge on any atom is -0.508 e. The molecule has 0 amide bonds. The third kappa shape index (κ3) is 6.39. The molecule has 1 N–H and O–H groups in total. The van der Waals surface area contributed by atoms with E-state index in [0.717, 1.165) is 30.7 Å². The summed E-state index contributed by atoms with van der Waals surface area (Å²) in [7, 11) is 0. The first-order valence-corrected chi connectivity index (χ1v) is 9.50. The standard InChI is InChI=1S/C23H32O/c1-19(2)11-6-3-4-9-15-22-21(14-10-16-23(22)24)18-17-20-12-7-5-8-13-20/h5,7-8,10,12-14,16,19,24H,3-4,6,9,11,15,17-18H2,1-2H3. The van der Waals surface area contributed by atoms with Gasteiger partial charge in [0.2, 0.25) is 0 Å². The maximum atomic E-state index is 10.3. The maximum Gasteiger partial charge on any atom is 0.119 e. The van der Waals surface area contributed by atoms with Gasteiger partial charge in [0, 0.05) is 0 Å². The molecule has 0 heterocycles. The average Bonchev–Trinajstić information content (AvgIpc) is 2.58. The lowest BCUT2D eigenvalue weighted by Crippen LogP contribution is -1.98. The highest BCUT2D eigenvalue weighted by molar-refractivity contribution is 5.40. The first kappa shape index (κ1) is 18.6. The second kappa shape index (κ2) is 10.2. The Labute approximate surface area is 147 Å². The molecular formula is C23H32O. The molecule has 0 fully saturated rings. The molecule has 0 atom stereocenters. The number of aryl methyl sites for hydroxylation is 2. The predicted molar refractivity (Wildman–Crippen MR) is 104 cm³/mol. The number of rotatable bonds is 10. The lowest BCUT2D eigenvalue weighted by molar-refractivity contribution is 0.463. The van der Waals surface area contributed by atoms with Crippen LogP contribution in [0.1, 0.15) is 62.6 Å². The highest BCUT2D eigenvalue weighted by Crippen LogP contribution is 2.25. The van der Waals surface area contributed by atoms with Crippen LogP contribution in [0.2, 0.25) is 0 Å². The number of hydrogen-bond acceptors (Lipinski definition) is 1. The average molecular weight is 325 g/mol. The summed E-state index contributed by atoms with van der Waals surface area (Å²) < 4.78 is 0. The molecule has 2 aromatic rings. The molecular weight excluding hydrogens is 292 g/mol. The number of phenols is 1. The van der Waals surface area contributed by atoms with Gasteiger partial charge in [-0.1, -0.05) is 82.0 Å². The molecule has 24 heavy (non-hydrogen) atoms. The van der Waals surface area contributed by atoms with E-state index in [2.05, 4.69) is 50.2 Å². The van der Waals surface area contributed by atoms with Gasteiger partial charge in [-0.25, -0.2) is 0 Å². The number of phenolic OH excluding ortho intramolecular Hbond substituents is 1. The van der Waals surface area contributed by atoms with Crippen LogP contribution in [0.5, 0.6) is 5.75 Å². The Morgan fingerprint density at radius 3 is 2.25 bits per heavy atom. The molecule has 0 aliphatic carbocycles. The molecule has 0 saturated heterocycles. The molecule has 0 bridgehead atoms. The zero-order valence-electron chi connectivity index (χ0n) is 15.3. The Balaban J connectivity index is 1.85. The third-order valence-electron chi connectivity index (χ3n) is 4.73. The fraction of sp³-hybridized carbons (Fsp3) is 0.478. The quantitative estimate of drug-likeness (QED) is 0.506. The van der Waals surface area contributed by atoms with Gasteiger partial charge in [0.1, 0.15) is 5.75 Å². The van der Waals surface area contributed by atoms with Gasteiger partial charge in [-0.2, -0.15) is 0 Å². The van der Waals surface area contributed by atoms with Crippen LogP contribution >= 0.6 is 0 Å². The SMILES string of the molecule is CC(C)CCCCCCc1c(O)cccc1CCc1ccccc1. The Morgan fingerprint density at radius 1 is 0.750 bits per heavy atom. The summed E-state index contributed by atoms with van der Waals surface area (Å²) in [6.45, 7) is 4.59. The Hall–Kier alpha value is -1.76. The van der Waals surface area contributed by atoms with Gasteiger partial charge in [-0.3, -0.25) is 0 Å². The molecule has 1 nitrogen and oxygen atoms in total. The van der Waals surface area contributed by atoms with Crippen molar-refractivity contribution < 1.29 is 5.11 Å². The van der Waals surface area contributed by atoms with E-state index in [-0.39, 0.29) is 0 Å². The van der Waals surface area contributed by atoms with Crippen molar-refractivity contribution in [2.45, 2.75) is 65.2 Å². The highest BCUT2D eigenvalue weighted by Gasteiger charge is 2.08. The summed E-state index contributed by atoms with van der Waals surface area (Å²) in [5.74, 6) is 1.29. The van der Waals surface area contributed by atoms with Crippen molar-refractivity contribution in [3.05, 3.63) is 65.2 Å². The largest absolute Gasteiger partial charge is 0.508 e. The van der Waals surface area contributed by atoms with Crippen LogP contribution in [0.15, 0.2) is 48.5 Å². The predicted octanol–water partition coefficient (Wildman–Crippen LogP) is 6.33. The number of hydrogen-bond donors (Lipinski definition) is 1. The molecule has 0 spiro atoms. The summed E-state index contributed by atoms with van der Waals surface area (Å²) in [6.07, 6.45) is 9.45. The van der Waals surface area contributed by atoms with E-state index < -0.39 is 0 Å². The van der Waals surface area contributed by atoms with Crippen molar-refractivity contribution in [1.82, 2.24) is 0 Å². The van der Waals surface area contributed by atoms with Gasteiger partial charge < -0.3 is 5.11 Å². The Bertz CT molecular complexity index is 586. The maximum absolute atomic E-state index is 10.3. The minimum absolute atomic E-state index is 0.475. The zero-order valence-corrected chi connectivity index (χ0v) is 15.3. The van der Waals surface area contributed by atoms with E-state index in [9.17, 15) is 5.11 Å². The third-order valence-corrected chi connectivity index (χ3v) is 4.73. The molecule has 0 saturated carbocycles. The first-order chi connectivity index (χ1) is 11.7. The molecule has 0 aromatic heterocycles. The zero-order chi connectivity index (χ0) is 17.2. The van der Waals surface area contributed by atoms with E-state index in [1.165, 1.54) is 43.2 Å². The van der Waals surface area contributed by atoms with Crippen LogP contribution < -0.4 is 0 Å². The fourth-order valence-electron chi connectivity index (χ4n) is 3.28. The van der Waals surface area contributed by atoms with Crippen molar-refractivity contribution >= 4 is 0 Å². The molecule has 2 aromatic carbocycles. The van der Waals surface area contributed by atoms with Crippen molar-refractivity contribution in [2.75, 3.05) is 0 Å². The normalized spacial score (nSPS) is 11.1. The highest BCUT2D eigenvalue weighted by atomic mass is 16.3. The monoisotopic (exact) mass is 324 g/mol. The van der Waals surface area contributed by atoms with Gasteiger partial charge in [-0.05, 0) is 54.4 Å². The van der Waals surface area contributed by atoms with Crippen LogP contribution in [0.4, 0.5) is 0 Å². The van der Waals surface area contributed by atoms with Gasteiger partial charge in [0.15, 0.2) is 0 Å². The second-order valence-electron chi connectivity index (χ2n) is 7.25. The van der Waals surface area contributed by atoms with Gasteiger partial charge >= 0.3 is 0 Å². The summed E-state index contributed by atoms with van der Waals surface area (Å²) in [5, 5.41) is 10.3. The molecule has 0 unspecified atom stereocenters. The number of unbranched alkanes of at least 4 members (excludes halogenated alkanes) is 3. The van der Waals surface area contributed by atoms with E-state index in [0.29, 0.717) is 5.75 Å². The van der Waals surface area contributed by atoms with E-state index in [1.54, 1.807) is 0 Å². The fourth-order valence-corrected chi connectivity index (χ4v) is 3.28. The molecule has 1 heteroatoms. The molecule has 0 aliphatic heterocycles. The lowest BCUT2D eigenvalue weighted by atomic mass is 9.95. The van der Waals surface area contributed by atoms with Crippen LogP contribution in [0.25, 0.3) is 0 Å². The van der Waals surface area contributed by atoms with Gasteiger partial charge in [0.25, 0.3) is 0 Å². The van der Waals surface area contributed by atoms with Crippen molar-refractivity contribution in [3.63, 3.8) is 0 Å². The molecule has 130 valence electrons. The first-order valence-electron chi connectivity index (χ1n) is 9.50. The van der Waals surface area contributed by atoms with E-state index >= 15 is 0 Å². The molecule has 0 aliphatic rings. The summed E-state index contributed by atoms with van der Waals surface area (Å²) in [6, 6.07) is 16.6. The van der Waals surface area contributed by atoms with E-state index in [1.807, 2.05) is 12.1 Å². The Morgan fingerprint density at radius 2 is 1.50 bits per heavy atom. The van der Waals surface area contributed by atoms with Gasteiger partial charge in [0.05, 0.1) is 0 Å². The van der Waals surface area contributed by atoms with Crippen LogP contribution in [0, 0.1) is 5.92 Å². The summed E-state index contributed by atoms with van der Waals surface area (Å²) in [5.41, 5.74) is 3.83. The van der Waals surface area contributed by atoms with Crippen LogP contribution in [-0.2, 0) is 19.3 Å². The topological polar surface area (TPSA) is 20.2 Å². The smallest absolute Gasteiger partial charge is 0.119 e. The minimum atomic E-state index is 0.475. The van der Waals surface area contributed by atoms with Crippen molar-refractivity contribution in [3.8, 4) is 5.75 Å². The second-order valence-corrected chi connectivity index (χ2v) is 7.25. The van der Waals surface area contributed by atoms with Crippen molar-refractivity contribution in [1.29, 1.82) is 0 Å². The van der Waals surface area contributed by atoms with Crippen molar-refractivity contribution in [2.24, 2.45) is 5.92 Å². The molecule has 2 rings (SSSR count). The number of benzene rings is 2.